The van der Waals surface area contributed by atoms with E-state index in [1.54, 1.807) is 0 Å². The molecule has 1 heterocycles. The zero-order chi connectivity index (χ0) is 20.8. The molecule has 1 N–H and O–H groups in total. The average Bonchev–Trinajstić information content (AvgIpc) is 2.73. The van der Waals surface area contributed by atoms with E-state index >= 15 is 0 Å². The molecule has 2 aromatic rings. The number of para-hydroxylation sites is 1. The van der Waals surface area contributed by atoms with Gasteiger partial charge in [0.2, 0.25) is 0 Å². The number of aryl methyl sites for hydroxylation is 1. The SMILES string of the molecule is CC[C@H](Oc1ccccc1C)C(=O)N[C@H](C)c1ccc(N2CCC[C@H](C)C2)cc1. The Morgan fingerprint density at radius 1 is 1.21 bits per heavy atom. The van der Waals surface area contributed by atoms with Gasteiger partial charge in [-0.25, -0.2) is 0 Å². The average molecular weight is 395 g/mol. The lowest BCUT2D eigenvalue weighted by molar-refractivity contribution is -0.128. The second-order valence-corrected chi connectivity index (χ2v) is 8.30. The molecule has 0 radical (unpaired) electrons. The smallest absolute Gasteiger partial charge is 0.261 e. The van der Waals surface area contributed by atoms with Crippen molar-refractivity contribution in [1.82, 2.24) is 5.32 Å². The molecule has 1 aliphatic heterocycles. The van der Waals surface area contributed by atoms with Crippen LogP contribution in [-0.2, 0) is 4.79 Å². The summed E-state index contributed by atoms with van der Waals surface area (Å²) in [6.45, 7) is 10.6. The van der Waals surface area contributed by atoms with Gasteiger partial charge in [-0.05, 0) is 68.4 Å². The zero-order valence-corrected chi connectivity index (χ0v) is 18.2. The number of rotatable bonds is 7. The monoisotopic (exact) mass is 394 g/mol. The summed E-state index contributed by atoms with van der Waals surface area (Å²) < 4.78 is 5.98. The van der Waals surface area contributed by atoms with Gasteiger partial charge >= 0.3 is 0 Å². The zero-order valence-electron chi connectivity index (χ0n) is 18.2. The van der Waals surface area contributed by atoms with Crippen LogP contribution in [-0.4, -0.2) is 25.1 Å². The van der Waals surface area contributed by atoms with E-state index in [1.807, 2.05) is 45.0 Å². The van der Waals surface area contributed by atoms with Crippen LogP contribution in [0.3, 0.4) is 0 Å². The van der Waals surface area contributed by atoms with Gasteiger partial charge in [-0.3, -0.25) is 4.79 Å². The molecule has 0 bridgehead atoms. The van der Waals surface area contributed by atoms with Crippen molar-refractivity contribution in [2.45, 2.75) is 59.1 Å². The first-order chi connectivity index (χ1) is 14.0. The molecule has 29 heavy (non-hydrogen) atoms. The third-order valence-corrected chi connectivity index (χ3v) is 5.80. The number of amides is 1. The Bertz CT molecular complexity index is 803. The Hall–Kier alpha value is -2.49. The van der Waals surface area contributed by atoms with Gasteiger partial charge in [-0.2, -0.15) is 0 Å². The van der Waals surface area contributed by atoms with Crippen LogP contribution in [0.1, 0.15) is 57.2 Å². The molecule has 2 aromatic carbocycles. The summed E-state index contributed by atoms with van der Waals surface area (Å²) in [5.41, 5.74) is 3.42. The highest BCUT2D eigenvalue weighted by atomic mass is 16.5. The first kappa shape index (κ1) is 21.2. The summed E-state index contributed by atoms with van der Waals surface area (Å²) in [5, 5.41) is 3.12. The molecule has 0 aromatic heterocycles. The maximum atomic E-state index is 12.8. The normalized spacial score (nSPS) is 18.8. The van der Waals surface area contributed by atoms with E-state index in [0.717, 1.165) is 35.9 Å². The summed E-state index contributed by atoms with van der Waals surface area (Å²) in [5.74, 6) is 1.44. The fourth-order valence-electron chi connectivity index (χ4n) is 3.95. The van der Waals surface area contributed by atoms with E-state index in [1.165, 1.54) is 18.5 Å². The van der Waals surface area contributed by atoms with Crippen LogP contribution in [0.25, 0.3) is 0 Å². The van der Waals surface area contributed by atoms with Crippen LogP contribution in [0, 0.1) is 12.8 Å². The predicted molar refractivity (Wildman–Crippen MR) is 119 cm³/mol. The molecule has 1 aliphatic rings. The first-order valence-corrected chi connectivity index (χ1v) is 10.9. The predicted octanol–water partition coefficient (Wildman–Crippen LogP) is 5.27. The number of hydrogen-bond donors (Lipinski definition) is 1. The van der Waals surface area contributed by atoms with E-state index in [4.69, 9.17) is 4.74 Å². The molecule has 3 atom stereocenters. The fraction of sp³-hybridized carbons (Fsp3) is 0.480. The van der Waals surface area contributed by atoms with Crippen LogP contribution >= 0.6 is 0 Å². The highest BCUT2D eigenvalue weighted by Gasteiger charge is 2.22. The third-order valence-electron chi connectivity index (χ3n) is 5.80. The second kappa shape index (κ2) is 9.82. The molecule has 1 fully saturated rings. The van der Waals surface area contributed by atoms with Crippen molar-refractivity contribution < 1.29 is 9.53 Å². The van der Waals surface area contributed by atoms with Gasteiger partial charge < -0.3 is 15.0 Å². The number of nitrogens with one attached hydrogen (secondary N) is 1. The van der Waals surface area contributed by atoms with Crippen LogP contribution in [0.2, 0.25) is 0 Å². The number of carbonyl (C=O) groups is 1. The highest BCUT2D eigenvalue weighted by molar-refractivity contribution is 5.81. The lowest BCUT2D eigenvalue weighted by Gasteiger charge is -2.33. The summed E-state index contributed by atoms with van der Waals surface area (Å²) in [7, 11) is 0. The van der Waals surface area contributed by atoms with Crippen molar-refractivity contribution in [3.63, 3.8) is 0 Å². The minimum Gasteiger partial charge on any atom is -0.480 e. The van der Waals surface area contributed by atoms with E-state index < -0.39 is 6.10 Å². The van der Waals surface area contributed by atoms with Gasteiger partial charge in [0.05, 0.1) is 6.04 Å². The first-order valence-electron chi connectivity index (χ1n) is 10.9. The summed E-state index contributed by atoms with van der Waals surface area (Å²) in [6, 6.07) is 16.4. The van der Waals surface area contributed by atoms with Crippen LogP contribution in [0.5, 0.6) is 5.75 Å². The van der Waals surface area contributed by atoms with Crippen LogP contribution < -0.4 is 15.0 Å². The van der Waals surface area contributed by atoms with Crippen molar-refractivity contribution >= 4 is 11.6 Å². The third kappa shape index (κ3) is 5.53. The molecule has 0 spiro atoms. The standard InChI is InChI=1S/C25H34N2O2/c1-5-23(29-24-11-7-6-10-19(24)3)25(28)26-20(4)21-12-14-22(15-13-21)27-16-8-9-18(2)17-27/h6-7,10-15,18,20,23H,5,8-9,16-17H2,1-4H3,(H,26,28)/t18-,20+,23-/m0/s1. The molecule has 3 rings (SSSR count). The van der Waals surface area contributed by atoms with Gasteiger partial charge in [0.25, 0.3) is 5.91 Å². The molecular weight excluding hydrogens is 360 g/mol. The van der Waals surface area contributed by atoms with Gasteiger partial charge in [0.1, 0.15) is 5.75 Å². The van der Waals surface area contributed by atoms with E-state index in [-0.39, 0.29) is 11.9 Å². The molecule has 0 aliphatic carbocycles. The molecule has 156 valence electrons. The molecule has 0 saturated carbocycles. The number of carbonyl (C=O) groups excluding carboxylic acids is 1. The highest BCUT2D eigenvalue weighted by Crippen LogP contribution is 2.25. The topological polar surface area (TPSA) is 41.6 Å². The van der Waals surface area contributed by atoms with Gasteiger partial charge in [0, 0.05) is 18.8 Å². The Balaban J connectivity index is 1.60. The minimum atomic E-state index is -0.493. The Morgan fingerprint density at radius 3 is 2.59 bits per heavy atom. The van der Waals surface area contributed by atoms with E-state index in [2.05, 4.69) is 41.4 Å². The number of benzene rings is 2. The lowest BCUT2D eigenvalue weighted by atomic mass is 9.99. The Morgan fingerprint density at radius 2 is 1.93 bits per heavy atom. The minimum absolute atomic E-state index is 0.0636. The van der Waals surface area contributed by atoms with Crippen LogP contribution in [0.15, 0.2) is 48.5 Å². The number of hydrogen-bond acceptors (Lipinski definition) is 3. The quantitative estimate of drug-likeness (QED) is 0.696. The number of anilines is 1. The van der Waals surface area contributed by atoms with Gasteiger partial charge in [-0.1, -0.05) is 44.2 Å². The largest absolute Gasteiger partial charge is 0.480 e. The Kier molecular flexibility index (Phi) is 7.18. The van der Waals surface area contributed by atoms with Crippen molar-refractivity contribution in [3.05, 3.63) is 59.7 Å². The van der Waals surface area contributed by atoms with Crippen LogP contribution in [0.4, 0.5) is 5.69 Å². The van der Waals surface area contributed by atoms with Gasteiger partial charge in [-0.15, -0.1) is 0 Å². The molecule has 1 amide bonds. The van der Waals surface area contributed by atoms with E-state index in [9.17, 15) is 4.79 Å². The van der Waals surface area contributed by atoms with Crippen molar-refractivity contribution in [1.29, 1.82) is 0 Å². The fourth-order valence-corrected chi connectivity index (χ4v) is 3.95. The maximum absolute atomic E-state index is 12.8. The molecule has 0 unspecified atom stereocenters. The second-order valence-electron chi connectivity index (χ2n) is 8.30. The van der Waals surface area contributed by atoms with Crippen molar-refractivity contribution in [2.24, 2.45) is 5.92 Å². The summed E-state index contributed by atoms with van der Waals surface area (Å²) in [6.07, 6.45) is 2.71. The lowest BCUT2D eigenvalue weighted by Crippen LogP contribution is -2.39. The van der Waals surface area contributed by atoms with Gasteiger partial charge in [0.15, 0.2) is 6.10 Å². The van der Waals surface area contributed by atoms with Crippen molar-refractivity contribution in [3.8, 4) is 5.75 Å². The molecule has 4 heteroatoms. The maximum Gasteiger partial charge on any atom is 0.261 e. The molecule has 4 nitrogen and oxygen atoms in total. The number of piperidine rings is 1. The summed E-state index contributed by atoms with van der Waals surface area (Å²) in [4.78, 5) is 15.2. The number of nitrogens with zero attached hydrogens (tertiary/aromatic N) is 1. The summed E-state index contributed by atoms with van der Waals surface area (Å²) >= 11 is 0. The van der Waals surface area contributed by atoms with Crippen molar-refractivity contribution in [2.75, 3.05) is 18.0 Å². The molecule has 1 saturated heterocycles. The Labute approximate surface area is 175 Å². The molecular formula is C25H34N2O2. The number of ether oxygens (including phenoxy) is 1. The van der Waals surface area contributed by atoms with E-state index in [0.29, 0.717) is 6.42 Å².